The molecule has 0 atom stereocenters. The van der Waals surface area contributed by atoms with E-state index in [1.807, 2.05) is 60.1 Å². The van der Waals surface area contributed by atoms with Gasteiger partial charge in [-0.05, 0) is 24.4 Å². The predicted molar refractivity (Wildman–Crippen MR) is 92.3 cm³/mol. The van der Waals surface area contributed by atoms with Crippen LogP contribution in [0.3, 0.4) is 0 Å². The maximum atomic E-state index is 12.5. The van der Waals surface area contributed by atoms with Crippen molar-refractivity contribution in [3.05, 3.63) is 60.4 Å². The number of benzene rings is 2. The van der Waals surface area contributed by atoms with Gasteiger partial charge in [-0.15, -0.1) is 0 Å². The van der Waals surface area contributed by atoms with Gasteiger partial charge in [0.15, 0.2) is 0 Å². The number of anilines is 1. The Morgan fingerprint density at radius 2 is 1.96 bits per heavy atom. The van der Waals surface area contributed by atoms with Crippen molar-refractivity contribution in [1.29, 1.82) is 0 Å². The summed E-state index contributed by atoms with van der Waals surface area (Å²) in [6.45, 7) is 3.35. The van der Waals surface area contributed by atoms with Gasteiger partial charge in [0.05, 0.1) is 17.9 Å². The molecule has 0 radical (unpaired) electrons. The van der Waals surface area contributed by atoms with Gasteiger partial charge in [-0.3, -0.25) is 4.68 Å². The first-order valence-corrected chi connectivity index (χ1v) is 7.69. The van der Waals surface area contributed by atoms with Crippen LogP contribution in [0.2, 0.25) is 0 Å². The molecule has 1 N–H and O–H groups in total. The number of amides is 2. The Labute approximate surface area is 135 Å². The number of fused-ring (bicyclic) bond motifs is 1. The van der Waals surface area contributed by atoms with E-state index in [2.05, 4.69) is 10.4 Å². The van der Waals surface area contributed by atoms with Crippen molar-refractivity contribution in [3.8, 4) is 0 Å². The van der Waals surface area contributed by atoms with Gasteiger partial charge in [-0.2, -0.15) is 5.10 Å². The van der Waals surface area contributed by atoms with E-state index in [0.29, 0.717) is 6.54 Å². The van der Waals surface area contributed by atoms with Crippen molar-refractivity contribution >= 4 is 22.5 Å². The Hall–Kier alpha value is -2.82. The third kappa shape index (κ3) is 3.18. The first kappa shape index (κ1) is 15.1. The van der Waals surface area contributed by atoms with Gasteiger partial charge < -0.3 is 10.2 Å². The molecule has 0 aliphatic rings. The number of urea groups is 1. The molecule has 5 heteroatoms. The smallest absolute Gasteiger partial charge is 0.321 e. The number of hydrogen-bond donors (Lipinski definition) is 1. The fourth-order valence-electron chi connectivity index (χ4n) is 2.64. The summed E-state index contributed by atoms with van der Waals surface area (Å²) in [5.41, 5.74) is 1.84. The van der Waals surface area contributed by atoms with Crippen molar-refractivity contribution in [2.45, 2.75) is 20.0 Å². The van der Waals surface area contributed by atoms with Crippen LogP contribution in [0.4, 0.5) is 10.5 Å². The Balaban J connectivity index is 1.75. The summed E-state index contributed by atoms with van der Waals surface area (Å²) in [5.74, 6) is 0. The summed E-state index contributed by atoms with van der Waals surface area (Å²) in [4.78, 5) is 14.1. The van der Waals surface area contributed by atoms with Crippen molar-refractivity contribution < 1.29 is 4.79 Å². The number of carbonyl (C=O) groups excluding carboxylic acids is 1. The van der Waals surface area contributed by atoms with Gasteiger partial charge >= 0.3 is 6.03 Å². The monoisotopic (exact) mass is 308 g/mol. The minimum absolute atomic E-state index is 0.134. The zero-order chi connectivity index (χ0) is 16.2. The molecule has 0 unspecified atom stereocenters. The molecular weight excluding hydrogens is 288 g/mol. The van der Waals surface area contributed by atoms with E-state index in [1.54, 1.807) is 18.1 Å². The topological polar surface area (TPSA) is 50.2 Å². The molecule has 0 aliphatic heterocycles. The average molecular weight is 308 g/mol. The highest BCUT2D eigenvalue weighted by Crippen LogP contribution is 2.23. The molecule has 3 aromatic rings. The summed E-state index contributed by atoms with van der Waals surface area (Å²) >= 11 is 0. The van der Waals surface area contributed by atoms with E-state index in [0.717, 1.165) is 28.7 Å². The molecule has 2 aromatic carbocycles. The molecular formula is C18H20N4O. The van der Waals surface area contributed by atoms with Gasteiger partial charge in [0.25, 0.3) is 0 Å². The summed E-state index contributed by atoms with van der Waals surface area (Å²) in [6, 6.07) is 15.7. The molecule has 0 spiro atoms. The lowest BCUT2D eigenvalue weighted by Gasteiger charge is -2.19. The van der Waals surface area contributed by atoms with Gasteiger partial charge in [0.1, 0.15) is 0 Å². The van der Waals surface area contributed by atoms with Crippen LogP contribution in [0.5, 0.6) is 0 Å². The number of rotatable bonds is 4. The van der Waals surface area contributed by atoms with Crippen LogP contribution in [0.1, 0.15) is 12.6 Å². The Bertz CT molecular complexity index is 819. The molecule has 1 heterocycles. The largest absolute Gasteiger partial charge is 0.322 e. The maximum absolute atomic E-state index is 12.5. The third-order valence-electron chi connectivity index (χ3n) is 3.88. The second kappa shape index (κ2) is 6.52. The number of aromatic nitrogens is 2. The first-order valence-electron chi connectivity index (χ1n) is 7.69. The molecule has 23 heavy (non-hydrogen) atoms. The number of nitrogens with one attached hydrogen (secondary N) is 1. The van der Waals surface area contributed by atoms with E-state index in [9.17, 15) is 4.79 Å². The van der Waals surface area contributed by atoms with Gasteiger partial charge in [-0.25, -0.2) is 4.79 Å². The highest BCUT2D eigenvalue weighted by atomic mass is 16.2. The van der Waals surface area contributed by atoms with Gasteiger partial charge in [0.2, 0.25) is 0 Å². The van der Waals surface area contributed by atoms with E-state index >= 15 is 0 Å². The van der Waals surface area contributed by atoms with Crippen molar-refractivity contribution in [2.24, 2.45) is 0 Å². The molecule has 0 saturated carbocycles. The highest BCUT2D eigenvalue weighted by molar-refractivity contribution is 6.01. The maximum Gasteiger partial charge on any atom is 0.321 e. The number of carbonyl (C=O) groups is 1. The molecule has 0 saturated heterocycles. The number of hydrogen-bond acceptors (Lipinski definition) is 2. The number of aryl methyl sites for hydroxylation is 1. The van der Waals surface area contributed by atoms with Crippen LogP contribution in [0.25, 0.3) is 10.8 Å². The molecule has 0 fully saturated rings. The summed E-state index contributed by atoms with van der Waals surface area (Å²) in [6.07, 6.45) is 1.76. The van der Waals surface area contributed by atoms with Gasteiger partial charge in [-0.1, -0.05) is 36.4 Å². The van der Waals surface area contributed by atoms with Crippen molar-refractivity contribution in [3.63, 3.8) is 0 Å². The lowest BCUT2D eigenvalue weighted by Crippen LogP contribution is -2.31. The Morgan fingerprint density at radius 1 is 1.17 bits per heavy atom. The van der Waals surface area contributed by atoms with E-state index in [-0.39, 0.29) is 6.03 Å². The second-order valence-corrected chi connectivity index (χ2v) is 5.45. The minimum atomic E-state index is -0.134. The second-order valence-electron chi connectivity index (χ2n) is 5.45. The first-order chi connectivity index (χ1) is 11.2. The van der Waals surface area contributed by atoms with Crippen LogP contribution in [-0.4, -0.2) is 27.8 Å². The zero-order valence-corrected chi connectivity index (χ0v) is 13.4. The van der Waals surface area contributed by atoms with Crippen LogP contribution in [0.15, 0.2) is 54.7 Å². The SMILES string of the molecule is CCn1nccc1CN(C)C(=O)Nc1cccc2ccccc12. The van der Waals surface area contributed by atoms with Crippen LogP contribution in [-0.2, 0) is 13.1 Å². The fraction of sp³-hybridized carbons (Fsp3) is 0.222. The lowest BCUT2D eigenvalue weighted by atomic mass is 10.1. The van der Waals surface area contributed by atoms with Gasteiger partial charge in [0, 0.05) is 25.2 Å². The molecule has 5 nitrogen and oxygen atoms in total. The van der Waals surface area contributed by atoms with E-state index < -0.39 is 0 Å². The van der Waals surface area contributed by atoms with Crippen molar-refractivity contribution in [2.75, 3.05) is 12.4 Å². The standard InChI is InChI=1S/C18H20N4O/c1-3-22-15(11-12-19-22)13-21(2)18(23)20-17-10-6-8-14-7-4-5-9-16(14)17/h4-12H,3,13H2,1-2H3,(H,20,23). The predicted octanol–water partition coefficient (Wildman–Crippen LogP) is 3.72. The third-order valence-corrected chi connectivity index (χ3v) is 3.88. The van der Waals surface area contributed by atoms with Crippen LogP contribution < -0.4 is 5.32 Å². The normalized spacial score (nSPS) is 10.7. The number of nitrogens with zero attached hydrogens (tertiary/aromatic N) is 3. The van der Waals surface area contributed by atoms with Crippen LogP contribution in [0, 0.1) is 0 Å². The molecule has 0 aliphatic carbocycles. The van der Waals surface area contributed by atoms with Crippen molar-refractivity contribution in [1.82, 2.24) is 14.7 Å². The Morgan fingerprint density at radius 3 is 2.78 bits per heavy atom. The summed E-state index contributed by atoms with van der Waals surface area (Å²) in [7, 11) is 1.79. The zero-order valence-electron chi connectivity index (χ0n) is 13.4. The van der Waals surface area contributed by atoms with E-state index in [4.69, 9.17) is 0 Å². The average Bonchev–Trinajstić information content (AvgIpc) is 3.02. The summed E-state index contributed by atoms with van der Waals surface area (Å²) < 4.78 is 1.89. The lowest BCUT2D eigenvalue weighted by molar-refractivity contribution is 0.219. The molecule has 1 aromatic heterocycles. The quantitative estimate of drug-likeness (QED) is 0.798. The molecule has 118 valence electrons. The van der Waals surface area contributed by atoms with Crippen LogP contribution >= 0.6 is 0 Å². The summed E-state index contributed by atoms with van der Waals surface area (Å²) in [5, 5.41) is 9.37. The molecule has 3 rings (SSSR count). The van der Waals surface area contributed by atoms with E-state index in [1.165, 1.54) is 0 Å². The molecule has 2 amide bonds. The minimum Gasteiger partial charge on any atom is -0.322 e. The highest BCUT2D eigenvalue weighted by Gasteiger charge is 2.12. The Kier molecular flexibility index (Phi) is 4.28. The fourth-order valence-corrected chi connectivity index (χ4v) is 2.64. The molecule has 0 bridgehead atoms.